The van der Waals surface area contributed by atoms with Crippen molar-refractivity contribution in [3.05, 3.63) is 18.1 Å². The first-order chi connectivity index (χ1) is 9.13. The Labute approximate surface area is 114 Å². The lowest BCUT2D eigenvalue weighted by Gasteiger charge is -2.27. The lowest BCUT2D eigenvalue weighted by Crippen LogP contribution is -2.38. The highest BCUT2D eigenvalue weighted by Gasteiger charge is 2.31. The van der Waals surface area contributed by atoms with Gasteiger partial charge in [-0.05, 0) is 25.7 Å². The van der Waals surface area contributed by atoms with Gasteiger partial charge in [-0.15, -0.1) is 0 Å². The molecule has 2 rings (SSSR count). The number of likely N-dealkylation sites (tertiary alicyclic amines) is 1. The van der Waals surface area contributed by atoms with E-state index in [4.69, 9.17) is 0 Å². The average molecular weight is 262 g/mol. The van der Waals surface area contributed by atoms with Crippen LogP contribution in [0.4, 0.5) is 5.82 Å². The summed E-state index contributed by atoms with van der Waals surface area (Å²) < 4.78 is 0. The van der Waals surface area contributed by atoms with E-state index in [1.54, 1.807) is 12.4 Å². The van der Waals surface area contributed by atoms with Gasteiger partial charge in [0.15, 0.2) is 0 Å². The second kappa shape index (κ2) is 5.99. The standard InChI is InChI=1S/C14H22N4O/c1-4-15-13-9-16-11(8-17-13)14(19)18-7-5-6-12(18)10(2)3/h8-10,12H,4-7H2,1-3H3,(H,15,17). The Hall–Kier alpha value is -1.65. The van der Waals surface area contributed by atoms with E-state index < -0.39 is 0 Å². The van der Waals surface area contributed by atoms with Gasteiger partial charge < -0.3 is 10.2 Å². The predicted octanol–water partition coefficient (Wildman–Crippen LogP) is 2.17. The molecule has 5 nitrogen and oxygen atoms in total. The second-order valence-corrected chi connectivity index (χ2v) is 5.27. The first kappa shape index (κ1) is 13.8. The van der Waals surface area contributed by atoms with Crippen molar-refractivity contribution in [2.45, 2.75) is 39.7 Å². The molecule has 2 heterocycles. The van der Waals surface area contributed by atoms with Gasteiger partial charge in [-0.3, -0.25) is 4.79 Å². The molecule has 104 valence electrons. The molecule has 1 atom stereocenters. The summed E-state index contributed by atoms with van der Waals surface area (Å²) >= 11 is 0. The van der Waals surface area contributed by atoms with Crippen molar-refractivity contribution in [3.63, 3.8) is 0 Å². The van der Waals surface area contributed by atoms with E-state index in [0.29, 0.717) is 23.5 Å². The number of anilines is 1. The molecule has 19 heavy (non-hydrogen) atoms. The van der Waals surface area contributed by atoms with Crippen LogP contribution in [-0.4, -0.2) is 39.9 Å². The zero-order chi connectivity index (χ0) is 13.8. The third-order valence-electron chi connectivity index (χ3n) is 3.56. The molecule has 0 spiro atoms. The topological polar surface area (TPSA) is 58.1 Å². The molecule has 1 saturated heterocycles. The maximum atomic E-state index is 12.4. The molecule has 1 aliphatic heterocycles. The Morgan fingerprint density at radius 3 is 2.84 bits per heavy atom. The molecule has 5 heteroatoms. The fourth-order valence-electron chi connectivity index (χ4n) is 2.60. The number of hydrogen-bond acceptors (Lipinski definition) is 4. The van der Waals surface area contributed by atoms with Gasteiger partial charge in [0.1, 0.15) is 11.5 Å². The van der Waals surface area contributed by atoms with Gasteiger partial charge in [0.25, 0.3) is 5.91 Å². The van der Waals surface area contributed by atoms with E-state index >= 15 is 0 Å². The minimum atomic E-state index is 0.00625. The lowest BCUT2D eigenvalue weighted by atomic mass is 10.0. The molecule has 1 aromatic heterocycles. The average Bonchev–Trinajstić information content (AvgIpc) is 2.88. The highest BCUT2D eigenvalue weighted by Crippen LogP contribution is 2.25. The monoisotopic (exact) mass is 262 g/mol. The van der Waals surface area contributed by atoms with Gasteiger partial charge in [0.05, 0.1) is 12.4 Å². The van der Waals surface area contributed by atoms with Crippen molar-refractivity contribution >= 4 is 11.7 Å². The zero-order valence-corrected chi connectivity index (χ0v) is 11.9. The fourth-order valence-corrected chi connectivity index (χ4v) is 2.60. The molecule has 0 radical (unpaired) electrons. The number of aromatic nitrogens is 2. The Kier molecular flexibility index (Phi) is 4.35. The summed E-state index contributed by atoms with van der Waals surface area (Å²) in [7, 11) is 0. The summed E-state index contributed by atoms with van der Waals surface area (Å²) in [4.78, 5) is 22.8. The molecule has 0 aromatic carbocycles. The molecule has 1 unspecified atom stereocenters. The number of carbonyl (C=O) groups is 1. The van der Waals surface area contributed by atoms with Crippen LogP contribution in [0.25, 0.3) is 0 Å². The molecule has 1 aliphatic rings. The van der Waals surface area contributed by atoms with E-state index in [9.17, 15) is 4.79 Å². The van der Waals surface area contributed by atoms with Crippen molar-refractivity contribution in [1.29, 1.82) is 0 Å². The van der Waals surface area contributed by atoms with Crippen LogP contribution in [0.2, 0.25) is 0 Å². The van der Waals surface area contributed by atoms with Crippen molar-refractivity contribution in [1.82, 2.24) is 14.9 Å². The normalized spacial score (nSPS) is 18.9. The molecule has 1 amide bonds. The number of carbonyl (C=O) groups excluding carboxylic acids is 1. The molecule has 1 fully saturated rings. The highest BCUT2D eigenvalue weighted by molar-refractivity contribution is 5.92. The molecular formula is C14H22N4O. The fraction of sp³-hybridized carbons (Fsp3) is 0.643. The Balaban J connectivity index is 2.10. The Morgan fingerprint density at radius 2 is 2.26 bits per heavy atom. The summed E-state index contributed by atoms with van der Waals surface area (Å²) in [6.07, 6.45) is 5.36. The van der Waals surface area contributed by atoms with Gasteiger partial charge in [-0.25, -0.2) is 9.97 Å². The van der Waals surface area contributed by atoms with Gasteiger partial charge in [0.2, 0.25) is 0 Å². The molecule has 1 N–H and O–H groups in total. The lowest BCUT2D eigenvalue weighted by molar-refractivity contribution is 0.0695. The third-order valence-corrected chi connectivity index (χ3v) is 3.56. The van der Waals surface area contributed by atoms with Crippen molar-refractivity contribution < 1.29 is 4.79 Å². The first-order valence-corrected chi connectivity index (χ1v) is 7.00. The molecule has 0 bridgehead atoms. The second-order valence-electron chi connectivity index (χ2n) is 5.27. The van der Waals surface area contributed by atoms with Crippen molar-refractivity contribution in [2.24, 2.45) is 5.92 Å². The van der Waals surface area contributed by atoms with Crippen molar-refractivity contribution in [3.8, 4) is 0 Å². The van der Waals surface area contributed by atoms with Gasteiger partial charge in [-0.1, -0.05) is 13.8 Å². The van der Waals surface area contributed by atoms with Gasteiger partial charge in [0, 0.05) is 19.1 Å². The SMILES string of the molecule is CCNc1cnc(C(=O)N2CCCC2C(C)C)cn1. The van der Waals surface area contributed by atoms with Crippen LogP contribution in [0.1, 0.15) is 44.1 Å². The molecule has 1 aromatic rings. The van der Waals surface area contributed by atoms with Crippen LogP contribution in [0, 0.1) is 5.92 Å². The summed E-state index contributed by atoms with van der Waals surface area (Å²) in [5.41, 5.74) is 0.439. The van der Waals surface area contributed by atoms with Crippen LogP contribution in [0.3, 0.4) is 0 Å². The van der Waals surface area contributed by atoms with E-state index in [0.717, 1.165) is 25.9 Å². The summed E-state index contributed by atoms with van der Waals surface area (Å²) in [6, 6.07) is 0.336. The smallest absolute Gasteiger partial charge is 0.274 e. The van der Waals surface area contributed by atoms with Gasteiger partial charge >= 0.3 is 0 Å². The number of nitrogens with one attached hydrogen (secondary N) is 1. The zero-order valence-electron chi connectivity index (χ0n) is 11.9. The Bertz CT molecular complexity index is 430. The third kappa shape index (κ3) is 3.03. The van der Waals surface area contributed by atoms with Gasteiger partial charge in [-0.2, -0.15) is 0 Å². The summed E-state index contributed by atoms with van der Waals surface area (Å²) in [5, 5.41) is 3.07. The van der Waals surface area contributed by atoms with Crippen LogP contribution < -0.4 is 5.32 Å². The maximum absolute atomic E-state index is 12.4. The van der Waals surface area contributed by atoms with E-state index in [1.165, 1.54) is 0 Å². The Morgan fingerprint density at radius 1 is 1.47 bits per heavy atom. The van der Waals surface area contributed by atoms with Crippen molar-refractivity contribution in [2.75, 3.05) is 18.4 Å². The first-order valence-electron chi connectivity index (χ1n) is 7.00. The van der Waals surface area contributed by atoms with Crippen LogP contribution in [0.5, 0.6) is 0 Å². The van der Waals surface area contributed by atoms with Crippen LogP contribution >= 0.6 is 0 Å². The van der Waals surface area contributed by atoms with Crippen LogP contribution in [0.15, 0.2) is 12.4 Å². The van der Waals surface area contributed by atoms with Crippen LogP contribution in [-0.2, 0) is 0 Å². The maximum Gasteiger partial charge on any atom is 0.274 e. The van der Waals surface area contributed by atoms with E-state index in [2.05, 4.69) is 29.1 Å². The van der Waals surface area contributed by atoms with E-state index in [1.807, 2.05) is 11.8 Å². The highest BCUT2D eigenvalue weighted by atomic mass is 16.2. The quantitative estimate of drug-likeness (QED) is 0.903. The van der Waals surface area contributed by atoms with E-state index in [-0.39, 0.29) is 5.91 Å². The summed E-state index contributed by atoms with van der Waals surface area (Å²) in [6.45, 7) is 7.95. The molecule has 0 aliphatic carbocycles. The molecule has 0 saturated carbocycles. The molecular weight excluding hydrogens is 240 g/mol. The predicted molar refractivity (Wildman–Crippen MR) is 75.1 cm³/mol. The number of amides is 1. The number of rotatable bonds is 4. The largest absolute Gasteiger partial charge is 0.369 e. The minimum absolute atomic E-state index is 0.00625. The number of nitrogens with zero attached hydrogens (tertiary/aromatic N) is 3. The summed E-state index contributed by atoms with van der Waals surface area (Å²) in [5.74, 6) is 1.20. The number of hydrogen-bond donors (Lipinski definition) is 1. The minimum Gasteiger partial charge on any atom is -0.369 e.